The number of hydrogen-bond donors (Lipinski definition) is 0. The minimum absolute atomic E-state index is 0.969. The number of allylic oxidation sites excluding steroid dienone is 2. The van der Waals surface area contributed by atoms with Crippen molar-refractivity contribution in [2.75, 3.05) is 0 Å². The summed E-state index contributed by atoms with van der Waals surface area (Å²) in [7, 11) is 0. The lowest BCUT2D eigenvalue weighted by Gasteiger charge is -1.84. The van der Waals surface area contributed by atoms with E-state index in [1.807, 2.05) is 18.3 Å². The van der Waals surface area contributed by atoms with Crippen molar-refractivity contribution >= 4 is 12.2 Å². The Balaban J connectivity index is 2.81. The summed E-state index contributed by atoms with van der Waals surface area (Å²) in [5.41, 5.74) is 0. The van der Waals surface area contributed by atoms with Crippen LogP contribution in [0.25, 0.3) is 12.2 Å². The molecule has 1 heterocycles. The van der Waals surface area contributed by atoms with Crippen molar-refractivity contribution in [1.29, 1.82) is 0 Å². The Morgan fingerprint density at radius 2 is 2.36 bits per heavy atom. The Bertz CT molecular complexity index is 390. The fourth-order valence-electron chi connectivity index (χ4n) is 1.08. The molecule has 2 nitrogen and oxygen atoms in total. The summed E-state index contributed by atoms with van der Waals surface area (Å²) in [4.78, 5) is 8.08. The zero-order valence-corrected chi connectivity index (χ0v) is 6.07. The first kappa shape index (κ1) is 6.28. The molecule has 0 atom stereocenters. The standard InChI is InChI=1S/C9H8N2/c1-2-4-8-6-10-7-11-9(8)5-3-1/h1,3-7H,2H2. The predicted octanol–water partition coefficient (Wildman–Crippen LogP) is -0.00250. The zero-order chi connectivity index (χ0) is 7.52. The maximum absolute atomic E-state index is 4.13. The van der Waals surface area contributed by atoms with E-state index in [4.69, 9.17) is 0 Å². The summed E-state index contributed by atoms with van der Waals surface area (Å²) in [5, 5.41) is 2.13. The first-order valence-corrected chi connectivity index (χ1v) is 3.60. The van der Waals surface area contributed by atoms with Crippen molar-refractivity contribution < 1.29 is 0 Å². The monoisotopic (exact) mass is 144 g/mol. The molecule has 1 aliphatic carbocycles. The van der Waals surface area contributed by atoms with Crippen LogP contribution in [0.4, 0.5) is 0 Å². The fourth-order valence-corrected chi connectivity index (χ4v) is 1.08. The normalized spacial score (nSPS) is 14.2. The molecule has 0 radical (unpaired) electrons. The van der Waals surface area contributed by atoms with Crippen LogP contribution in [-0.4, -0.2) is 9.97 Å². The summed E-state index contributed by atoms with van der Waals surface area (Å²) in [6.45, 7) is 0. The third-order valence-electron chi connectivity index (χ3n) is 1.64. The molecule has 0 unspecified atom stereocenters. The van der Waals surface area contributed by atoms with Crippen molar-refractivity contribution in [3.05, 3.63) is 35.2 Å². The van der Waals surface area contributed by atoms with Gasteiger partial charge in [0.25, 0.3) is 0 Å². The van der Waals surface area contributed by atoms with E-state index in [-0.39, 0.29) is 0 Å². The lowest BCUT2D eigenvalue weighted by Crippen LogP contribution is -2.27. The summed E-state index contributed by atoms with van der Waals surface area (Å²) in [5.74, 6) is 0. The highest BCUT2D eigenvalue weighted by molar-refractivity contribution is 5.41. The van der Waals surface area contributed by atoms with Gasteiger partial charge in [0, 0.05) is 11.4 Å². The van der Waals surface area contributed by atoms with E-state index in [2.05, 4.69) is 22.1 Å². The lowest BCUT2D eigenvalue weighted by molar-refractivity contribution is 1.10. The molecule has 0 fully saturated rings. The summed E-state index contributed by atoms with van der Waals surface area (Å²) in [6, 6.07) is 0. The summed E-state index contributed by atoms with van der Waals surface area (Å²) >= 11 is 0. The molecule has 0 aromatic carbocycles. The van der Waals surface area contributed by atoms with Gasteiger partial charge in [-0.2, -0.15) is 0 Å². The molecule has 0 saturated heterocycles. The van der Waals surface area contributed by atoms with Crippen molar-refractivity contribution in [1.82, 2.24) is 9.97 Å². The first-order valence-electron chi connectivity index (χ1n) is 3.60. The molecule has 2 heteroatoms. The molecule has 54 valence electrons. The smallest absolute Gasteiger partial charge is 0.116 e. The molecular formula is C9H8N2. The lowest BCUT2D eigenvalue weighted by atomic mass is 10.3. The number of aromatic nitrogens is 2. The van der Waals surface area contributed by atoms with Gasteiger partial charge in [0.2, 0.25) is 0 Å². The van der Waals surface area contributed by atoms with Gasteiger partial charge in [-0.3, -0.25) is 0 Å². The molecule has 0 saturated carbocycles. The van der Waals surface area contributed by atoms with Crippen LogP contribution in [0.1, 0.15) is 6.42 Å². The molecule has 0 amide bonds. The van der Waals surface area contributed by atoms with Gasteiger partial charge >= 0.3 is 0 Å². The quantitative estimate of drug-likeness (QED) is 0.512. The number of hydrogen-bond acceptors (Lipinski definition) is 2. The van der Waals surface area contributed by atoms with E-state index in [9.17, 15) is 0 Å². The van der Waals surface area contributed by atoms with Gasteiger partial charge in [0.1, 0.15) is 6.33 Å². The fraction of sp³-hybridized carbons (Fsp3) is 0.111. The average Bonchev–Trinajstić information content (AvgIpc) is 2.28. The van der Waals surface area contributed by atoms with E-state index in [1.165, 1.54) is 0 Å². The second-order valence-electron chi connectivity index (χ2n) is 2.40. The van der Waals surface area contributed by atoms with Crippen molar-refractivity contribution in [2.24, 2.45) is 0 Å². The van der Waals surface area contributed by atoms with E-state index in [0.29, 0.717) is 0 Å². The Morgan fingerprint density at radius 1 is 1.36 bits per heavy atom. The highest BCUT2D eigenvalue weighted by Crippen LogP contribution is 1.86. The highest BCUT2D eigenvalue weighted by atomic mass is 14.8. The largest absolute Gasteiger partial charge is 0.244 e. The number of fused-ring (bicyclic) bond motifs is 1. The van der Waals surface area contributed by atoms with Crippen LogP contribution < -0.4 is 10.6 Å². The van der Waals surface area contributed by atoms with E-state index in [0.717, 1.165) is 17.0 Å². The highest BCUT2D eigenvalue weighted by Gasteiger charge is 1.86. The second-order valence-corrected chi connectivity index (χ2v) is 2.40. The van der Waals surface area contributed by atoms with Gasteiger partial charge in [-0.05, 0) is 12.5 Å². The molecular weight excluding hydrogens is 136 g/mol. The van der Waals surface area contributed by atoms with Crippen LogP contribution in [0.2, 0.25) is 0 Å². The van der Waals surface area contributed by atoms with Crippen LogP contribution in [0.5, 0.6) is 0 Å². The predicted molar refractivity (Wildman–Crippen MR) is 44.0 cm³/mol. The number of nitrogens with zero attached hydrogens (tertiary/aromatic N) is 2. The number of rotatable bonds is 0. The van der Waals surface area contributed by atoms with Crippen LogP contribution >= 0.6 is 0 Å². The summed E-state index contributed by atoms with van der Waals surface area (Å²) < 4.78 is 0. The SMILES string of the molecule is C1=CCC=c2cncnc2=C1. The molecule has 1 aromatic heterocycles. The molecule has 1 aromatic rings. The van der Waals surface area contributed by atoms with Crippen LogP contribution in [0.15, 0.2) is 24.7 Å². The third-order valence-corrected chi connectivity index (χ3v) is 1.64. The third kappa shape index (κ3) is 1.19. The molecule has 0 N–H and O–H groups in total. The van der Waals surface area contributed by atoms with Gasteiger partial charge in [-0.15, -0.1) is 0 Å². The van der Waals surface area contributed by atoms with E-state index in [1.54, 1.807) is 6.33 Å². The van der Waals surface area contributed by atoms with Crippen molar-refractivity contribution in [3.63, 3.8) is 0 Å². The maximum Gasteiger partial charge on any atom is 0.116 e. The first-order chi connectivity index (χ1) is 5.47. The van der Waals surface area contributed by atoms with Crippen LogP contribution in [0.3, 0.4) is 0 Å². The minimum Gasteiger partial charge on any atom is -0.244 e. The van der Waals surface area contributed by atoms with Crippen molar-refractivity contribution in [2.45, 2.75) is 6.42 Å². The molecule has 11 heavy (non-hydrogen) atoms. The van der Waals surface area contributed by atoms with Crippen LogP contribution in [-0.2, 0) is 0 Å². The average molecular weight is 144 g/mol. The Morgan fingerprint density at radius 3 is 3.36 bits per heavy atom. The van der Waals surface area contributed by atoms with Gasteiger partial charge < -0.3 is 0 Å². The molecule has 0 aliphatic heterocycles. The van der Waals surface area contributed by atoms with E-state index < -0.39 is 0 Å². The molecule has 2 rings (SSSR count). The molecule has 1 aliphatic rings. The Kier molecular flexibility index (Phi) is 1.52. The van der Waals surface area contributed by atoms with Crippen LogP contribution in [0, 0.1) is 0 Å². The van der Waals surface area contributed by atoms with E-state index >= 15 is 0 Å². The van der Waals surface area contributed by atoms with Gasteiger partial charge in [-0.25, -0.2) is 9.97 Å². The topological polar surface area (TPSA) is 25.8 Å². The summed E-state index contributed by atoms with van der Waals surface area (Å²) in [6.07, 6.45) is 12.6. The minimum atomic E-state index is 0.969. The van der Waals surface area contributed by atoms with Gasteiger partial charge in [0.15, 0.2) is 0 Å². The Hall–Kier alpha value is -1.44. The van der Waals surface area contributed by atoms with Crippen molar-refractivity contribution in [3.8, 4) is 0 Å². The van der Waals surface area contributed by atoms with Gasteiger partial charge in [-0.1, -0.05) is 18.2 Å². The maximum atomic E-state index is 4.13. The Labute approximate surface area is 64.6 Å². The second kappa shape index (κ2) is 2.66. The molecule has 0 bridgehead atoms. The van der Waals surface area contributed by atoms with Gasteiger partial charge in [0.05, 0.1) is 5.35 Å². The molecule has 0 spiro atoms. The zero-order valence-electron chi connectivity index (χ0n) is 6.07.